The average molecular weight is 1250 g/mol. The van der Waals surface area contributed by atoms with Crippen LogP contribution in [0.2, 0.25) is 0 Å². The number of anilines is 4. The molecule has 2 aliphatic rings. The van der Waals surface area contributed by atoms with Gasteiger partial charge in [-0.25, -0.2) is 39.5 Å². The number of carbonyl (C=O) groups is 2. The minimum Gasteiger partial charge on any atom is -0.790 e. The zero-order valence-electron chi connectivity index (χ0n) is 43.5. The fraction of sp³-hybridized carbons (Fsp3) is 0.333. The van der Waals surface area contributed by atoms with Crippen molar-refractivity contribution < 1.29 is 281 Å². The molecule has 6 heterocycles. The summed E-state index contributed by atoms with van der Waals surface area (Å²) < 4.78 is 85.5. The van der Waals surface area contributed by atoms with Crippen molar-refractivity contribution in [3.63, 3.8) is 0 Å². The number of phosphoric acid groups is 4. The zero-order chi connectivity index (χ0) is 53.9. The number of aromatic nitrogens is 8. The first kappa shape index (κ1) is 78.1. The van der Waals surface area contributed by atoms with E-state index in [9.17, 15) is 67.4 Å². The third-order valence-electron chi connectivity index (χ3n) is 10.5. The zero-order valence-corrected chi connectivity index (χ0v) is 59.1. The molecule has 2 unspecified atom stereocenters. The van der Waals surface area contributed by atoms with E-state index in [2.05, 4.69) is 58.2 Å². The van der Waals surface area contributed by atoms with E-state index in [4.69, 9.17) is 30.4 Å². The number of nitrogens with zero attached hydrogens (tertiary/aromatic N) is 8. The summed E-state index contributed by atoms with van der Waals surface area (Å²) in [7, 11) is -20.0. The van der Waals surface area contributed by atoms with Gasteiger partial charge in [0.2, 0.25) is 0 Å². The van der Waals surface area contributed by atoms with Crippen molar-refractivity contribution in [1.29, 1.82) is 0 Å². The standard InChI is InChI=1S/2C18H22N6O11P2.6Na/c1-20-10-5-3-2-4-9(10)18(26)34-14-11(6-32-37(30,31)35-36(27,28)29)33-17(13(14)25)24-8-23-12-15(19)21-7-22-16(12)24;1-20-10-5-3-2-4-9(10)18(26)34-14-13(25)11(6-32-37(30,31)35-36(27,28)29)33-17(14)24-8-23-12-15(19)21-7-22-16(12)24;;;;;;/h2*2-5,7-8,11,13-14,17,20,25H,6H2,1H3,(H,30,31)(H2,19,21,22)(H2,27,28,29);;;;;;/q;;6*+1/p-6/t2*11-,13-,14-,17-;;;;;;/m11....../s1. The van der Waals surface area contributed by atoms with Crippen molar-refractivity contribution in [1.82, 2.24) is 39.0 Å². The summed E-state index contributed by atoms with van der Waals surface area (Å²) in [6.07, 6.45) is -7.33. The van der Waals surface area contributed by atoms with Crippen LogP contribution in [0.25, 0.3) is 22.3 Å². The van der Waals surface area contributed by atoms with Crippen LogP contribution in [0, 0.1) is 0 Å². The molecule has 80 heavy (non-hydrogen) atoms. The Morgan fingerprint density at radius 2 is 0.975 bits per heavy atom. The minimum atomic E-state index is -5.95. The first-order chi connectivity index (χ1) is 34.8. The SMILES string of the molecule is CNc1ccccc1C(=O)O[C@@H]1[C@H](O)[C@@H](COP(=O)([O-])OP(=O)([O-])[O-])O[C@H]1n1cnc2c(N)ncnc21.CNc1ccccc1C(=O)O[C@H]1[C@@H](O)[C@H](n2cnc3c(N)ncnc32)O[C@@H]1COP(=O)([O-])OP(=O)([O-])[O-].[Na+].[Na+].[Na+].[Na+].[Na+].[Na+]. The van der Waals surface area contributed by atoms with Crippen LogP contribution >= 0.6 is 31.3 Å². The van der Waals surface area contributed by atoms with Crippen LogP contribution in [0.4, 0.5) is 23.0 Å². The Morgan fingerprint density at radius 1 is 0.588 bits per heavy atom. The van der Waals surface area contributed by atoms with Crippen LogP contribution in [0.3, 0.4) is 0 Å². The van der Waals surface area contributed by atoms with Gasteiger partial charge in [0.05, 0.1) is 52.6 Å². The maximum Gasteiger partial charge on any atom is 1.00 e. The number of ether oxygens (including phenoxy) is 4. The van der Waals surface area contributed by atoms with Crippen molar-refractivity contribution >= 4 is 88.6 Å². The summed E-state index contributed by atoms with van der Waals surface area (Å²) in [5, 5.41) is 27.6. The van der Waals surface area contributed by atoms with Gasteiger partial charge in [-0.15, -0.1) is 0 Å². The average Bonchev–Trinajstić information content (AvgIpc) is 4.11. The van der Waals surface area contributed by atoms with Crippen LogP contribution in [0.1, 0.15) is 33.2 Å². The third kappa shape index (κ3) is 20.0. The van der Waals surface area contributed by atoms with E-state index in [1.807, 2.05) is 0 Å². The monoisotopic (exact) mass is 1250 g/mol. The molecular formula is C36H38N12Na6O22P4. The number of aliphatic hydroxyl groups is 2. The second-order valence-electron chi connectivity index (χ2n) is 15.2. The maximum absolute atomic E-state index is 13.0. The fourth-order valence-electron chi connectivity index (χ4n) is 7.30. The second kappa shape index (κ2) is 33.4. The van der Waals surface area contributed by atoms with Gasteiger partial charge in [0.15, 0.2) is 47.6 Å². The summed E-state index contributed by atoms with van der Waals surface area (Å²) >= 11 is 0. The first-order valence-electron chi connectivity index (χ1n) is 20.7. The predicted octanol–water partition coefficient (Wildman–Crippen LogP) is -21.4. The Balaban J connectivity index is 0.000000744. The summed E-state index contributed by atoms with van der Waals surface area (Å²) in [5.74, 6) is -1.70. The number of nitrogens with two attached hydrogens (primary N) is 2. The molecule has 0 radical (unpaired) electrons. The number of hydrogen-bond acceptors (Lipinski definition) is 32. The molecule has 10 atom stereocenters. The molecule has 0 aliphatic carbocycles. The second-order valence-corrected chi connectivity index (χ2v) is 20.6. The Bertz CT molecular complexity index is 3240. The Morgan fingerprint density at radius 3 is 1.40 bits per heavy atom. The number of aliphatic hydroxyl groups excluding tert-OH is 2. The van der Waals surface area contributed by atoms with Gasteiger partial charge < -0.3 is 98.8 Å². The summed E-state index contributed by atoms with van der Waals surface area (Å²) in [5.41, 5.74) is 13.3. The molecule has 0 saturated carbocycles. The van der Waals surface area contributed by atoms with Gasteiger partial charge in [-0.2, -0.15) is 0 Å². The molecule has 400 valence electrons. The number of benzene rings is 2. The van der Waals surface area contributed by atoms with Gasteiger partial charge in [0, 0.05) is 25.5 Å². The Kier molecular flexibility index (Phi) is 32.6. The molecule has 2 aromatic carbocycles. The van der Waals surface area contributed by atoms with Crippen LogP contribution in [-0.4, -0.2) is 125 Å². The smallest absolute Gasteiger partial charge is 0.790 e. The van der Waals surface area contributed by atoms with Gasteiger partial charge in [-0.05, 0) is 24.3 Å². The largest absolute Gasteiger partial charge is 1.00 e. The normalized spacial score (nSPS) is 21.8. The number of para-hydroxylation sites is 2. The van der Waals surface area contributed by atoms with E-state index in [1.54, 1.807) is 50.5 Å². The molecule has 2 saturated heterocycles. The van der Waals surface area contributed by atoms with E-state index in [-0.39, 0.29) is 222 Å². The summed E-state index contributed by atoms with van der Waals surface area (Å²) in [6.45, 7) is -1.99. The number of imidazole rings is 2. The number of hydrogen-bond donors (Lipinski definition) is 6. The molecule has 0 amide bonds. The number of nitrogens with one attached hydrogen (secondary N) is 2. The molecule has 0 spiro atoms. The summed E-state index contributed by atoms with van der Waals surface area (Å²) in [4.78, 5) is 116. The van der Waals surface area contributed by atoms with Gasteiger partial charge in [0.25, 0.3) is 15.6 Å². The molecule has 6 aromatic rings. The third-order valence-corrected chi connectivity index (χ3v) is 14.6. The van der Waals surface area contributed by atoms with Crippen molar-refractivity contribution in [3.8, 4) is 0 Å². The van der Waals surface area contributed by atoms with E-state index in [1.165, 1.54) is 33.9 Å². The van der Waals surface area contributed by atoms with Crippen molar-refractivity contribution in [2.24, 2.45) is 0 Å². The number of nitrogen functional groups attached to an aromatic ring is 2. The fourth-order valence-corrected chi connectivity index (χ4v) is 10.3. The number of phosphoric ester groups is 2. The van der Waals surface area contributed by atoms with E-state index >= 15 is 0 Å². The minimum absolute atomic E-state index is 0. The van der Waals surface area contributed by atoms with E-state index < -0.39 is 106 Å². The van der Waals surface area contributed by atoms with Crippen LogP contribution in [-0.2, 0) is 54.9 Å². The van der Waals surface area contributed by atoms with Crippen LogP contribution in [0.5, 0.6) is 0 Å². The van der Waals surface area contributed by atoms with Gasteiger partial charge in [-0.3, -0.25) is 26.9 Å². The molecule has 8 rings (SSSR count). The van der Waals surface area contributed by atoms with Crippen molar-refractivity contribution in [2.75, 3.05) is 49.4 Å². The number of carbonyl (C=O) groups excluding carboxylic acids is 2. The van der Waals surface area contributed by atoms with Gasteiger partial charge in [-0.1, -0.05) is 24.3 Å². The molecular weight excluding hydrogens is 1210 g/mol. The summed E-state index contributed by atoms with van der Waals surface area (Å²) in [6, 6.07) is 12.6. The molecule has 34 nitrogen and oxygen atoms in total. The number of rotatable bonds is 18. The molecule has 4 aromatic heterocycles. The Hall–Kier alpha value is 0.0400. The molecule has 8 N–H and O–H groups in total. The van der Waals surface area contributed by atoms with E-state index in [0.29, 0.717) is 11.4 Å². The number of esters is 2. The molecule has 0 bridgehead atoms. The van der Waals surface area contributed by atoms with Crippen molar-refractivity contribution in [2.45, 2.75) is 49.1 Å². The van der Waals surface area contributed by atoms with Gasteiger partial charge in [0.1, 0.15) is 48.1 Å². The van der Waals surface area contributed by atoms with Crippen LogP contribution < -0.4 is 229 Å². The molecule has 2 aliphatic heterocycles. The maximum atomic E-state index is 13.0. The van der Waals surface area contributed by atoms with E-state index in [0.717, 1.165) is 12.7 Å². The first-order valence-corrected chi connectivity index (χ1v) is 26.5. The van der Waals surface area contributed by atoms with Crippen LogP contribution in [0.15, 0.2) is 73.8 Å². The molecule has 44 heteroatoms. The topological polar surface area (TPSA) is 518 Å². The molecule has 2 fully saturated rings. The van der Waals surface area contributed by atoms with Crippen molar-refractivity contribution in [3.05, 3.63) is 85.0 Å². The predicted molar refractivity (Wildman–Crippen MR) is 234 cm³/mol. The number of fused-ring (bicyclic) bond motifs is 2. The Labute approximate surface area is 584 Å². The quantitative estimate of drug-likeness (QED) is 0.0264. The van der Waals surface area contributed by atoms with Gasteiger partial charge >= 0.3 is 189 Å².